The Balaban J connectivity index is 1.76. The van der Waals surface area contributed by atoms with E-state index in [2.05, 4.69) is 10.5 Å². The van der Waals surface area contributed by atoms with Gasteiger partial charge in [-0.2, -0.15) is 5.26 Å². The van der Waals surface area contributed by atoms with E-state index < -0.39 is 24.3 Å². The summed E-state index contributed by atoms with van der Waals surface area (Å²) in [5, 5.41) is 17.2. The Labute approximate surface area is 167 Å². The molecule has 10 heteroatoms. The number of aromatic nitrogens is 1. The van der Waals surface area contributed by atoms with Crippen molar-refractivity contribution >= 4 is 39.8 Å². The van der Waals surface area contributed by atoms with Gasteiger partial charge in [-0.3, -0.25) is 4.79 Å². The summed E-state index contributed by atoms with van der Waals surface area (Å²) in [7, 11) is 0. The topological polar surface area (TPSA) is 105 Å². The summed E-state index contributed by atoms with van der Waals surface area (Å²) in [4.78, 5) is 24.4. The van der Waals surface area contributed by atoms with Crippen molar-refractivity contribution in [3.8, 4) is 17.3 Å². The second-order valence-corrected chi connectivity index (χ2v) is 6.78. The van der Waals surface area contributed by atoms with Crippen LogP contribution in [0.1, 0.15) is 21.7 Å². The van der Waals surface area contributed by atoms with Gasteiger partial charge in [0.25, 0.3) is 5.91 Å². The third kappa shape index (κ3) is 3.88. The fourth-order valence-corrected chi connectivity index (χ4v) is 3.37. The molecule has 1 N–H and O–H groups in total. The van der Waals surface area contributed by atoms with E-state index in [1.165, 1.54) is 25.1 Å². The zero-order chi connectivity index (χ0) is 20.3. The molecule has 142 valence electrons. The molecule has 7 nitrogen and oxygen atoms in total. The van der Waals surface area contributed by atoms with Crippen LogP contribution in [0.5, 0.6) is 0 Å². The molecule has 0 aliphatic rings. The van der Waals surface area contributed by atoms with Gasteiger partial charge in [0.1, 0.15) is 33.9 Å². The Kier molecular flexibility index (Phi) is 5.73. The number of anilines is 1. The maximum Gasteiger partial charge on any atom is 0.344 e. The summed E-state index contributed by atoms with van der Waals surface area (Å²) in [5.41, 5.74) is -0.0460. The zero-order valence-electron chi connectivity index (χ0n) is 14.3. The first-order valence-electron chi connectivity index (χ1n) is 7.77. The number of nitriles is 1. The summed E-state index contributed by atoms with van der Waals surface area (Å²) < 4.78 is 24.2. The van der Waals surface area contributed by atoms with E-state index in [0.717, 1.165) is 11.3 Å². The van der Waals surface area contributed by atoms with Crippen molar-refractivity contribution in [3.05, 3.63) is 57.4 Å². The molecule has 0 radical (unpaired) electrons. The van der Waals surface area contributed by atoms with Crippen molar-refractivity contribution in [2.24, 2.45) is 0 Å². The standard InChI is InChI=1S/C18H11ClFN3O4S/c1-9-14(16(23-27-9)15-11(19)3-2-4-12(15)20)18(25)26-8-13(24)22-17-10(7-21)5-6-28-17/h2-6H,8H2,1H3,(H,22,24). The Morgan fingerprint density at radius 2 is 2.21 bits per heavy atom. The number of carbonyl (C=O) groups excluding carboxylic acids is 2. The van der Waals surface area contributed by atoms with E-state index in [4.69, 9.17) is 26.1 Å². The predicted octanol–water partition coefficient (Wildman–Crippen LogP) is 4.17. The average molecular weight is 420 g/mol. The van der Waals surface area contributed by atoms with Gasteiger partial charge in [-0.1, -0.05) is 22.8 Å². The van der Waals surface area contributed by atoms with Crippen molar-refractivity contribution in [3.63, 3.8) is 0 Å². The van der Waals surface area contributed by atoms with Gasteiger partial charge in [0.2, 0.25) is 0 Å². The van der Waals surface area contributed by atoms with E-state index in [0.29, 0.717) is 10.6 Å². The number of benzene rings is 1. The average Bonchev–Trinajstić information content (AvgIpc) is 3.26. The quantitative estimate of drug-likeness (QED) is 0.622. The number of nitrogens with zero attached hydrogens (tertiary/aromatic N) is 2. The number of ether oxygens (including phenoxy) is 1. The summed E-state index contributed by atoms with van der Waals surface area (Å²) >= 11 is 7.19. The fourth-order valence-electron chi connectivity index (χ4n) is 2.37. The van der Waals surface area contributed by atoms with Gasteiger partial charge < -0.3 is 14.6 Å². The number of aryl methyl sites for hydroxylation is 1. The van der Waals surface area contributed by atoms with Crippen LogP contribution in [0.25, 0.3) is 11.3 Å². The lowest BCUT2D eigenvalue weighted by Crippen LogP contribution is -2.21. The summed E-state index contributed by atoms with van der Waals surface area (Å²) in [6, 6.07) is 7.51. The van der Waals surface area contributed by atoms with Gasteiger partial charge >= 0.3 is 5.97 Å². The van der Waals surface area contributed by atoms with Crippen LogP contribution < -0.4 is 5.32 Å². The van der Waals surface area contributed by atoms with Gasteiger partial charge in [-0.25, -0.2) is 9.18 Å². The smallest absolute Gasteiger partial charge is 0.344 e. The van der Waals surface area contributed by atoms with Gasteiger partial charge in [0, 0.05) is 0 Å². The molecule has 2 aromatic heterocycles. The largest absolute Gasteiger partial charge is 0.452 e. The monoisotopic (exact) mass is 419 g/mol. The Morgan fingerprint density at radius 1 is 1.43 bits per heavy atom. The molecule has 28 heavy (non-hydrogen) atoms. The normalized spacial score (nSPS) is 10.4. The highest BCUT2D eigenvalue weighted by atomic mass is 35.5. The molecule has 0 spiro atoms. The first-order chi connectivity index (χ1) is 13.4. The van der Waals surface area contributed by atoms with Crippen LogP contribution >= 0.6 is 22.9 Å². The Hall–Kier alpha value is -3.22. The lowest BCUT2D eigenvalue weighted by Gasteiger charge is -2.07. The van der Waals surface area contributed by atoms with Crippen LogP contribution in [0, 0.1) is 24.1 Å². The third-order valence-electron chi connectivity index (χ3n) is 3.64. The van der Waals surface area contributed by atoms with Gasteiger partial charge in [0.15, 0.2) is 6.61 Å². The molecule has 1 aromatic carbocycles. The molecular formula is C18H11ClFN3O4S. The lowest BCUT2D eigenvalue weighted by atomic mass is 10.1. The molecule has 0 saturated heterocycles. The molecular weight excluding hydrogens is 409 g/mol. The molecule has 0 aliphatic carbocycles. The summed E-state index contributed by atoms with van der Waals surface area (Å²) in [6.07, 6.45) is 0. The summed E-state index contributed by atoms with van der Waals surface area (Å²) in [6.45, 7) is 0.837. The van der Waals surface area contributed by atoms with E-state index in [-0.39, 0.29) is 27.6 Å². The first kappa shape index (κ1) is 19.5. The number of hydrogen-bond acceptors (Lipinski definition) is 7. The number of hydrogen-bond donors (Lipinski definition) is 1. The fraction of sp³-hybridized carbons (Fsp3) is 0.111. The lowest BCUT2D eigenvalue weighted by molar-refractivity contribution is -0.119. The Morgan fingerprint density at radius 3 is 2.93 bits per heavy atom. The molecule has 1 amide bonds. The highest BCUT2D eigenvalue weighted by Gasteiger charge is 2.27. The number of thiophene rings is 1. The minimum atomic E-state index is -0.921. The van der Waals surface area contributed by atoms with Crippen LogP contribution in [-0.4, -0.2) is 23.6 Å². The molecule has 3 rings (SSSR count). The number of halogens is 2. The van der Waals surface area contributed by atoms with E-state index in [1.54, 1.807) is 11.4 Å². The molecule has 0 aliphatic heterocycles. The molecule has 2 heterocycles. The molecule has 0 bridgehead atoms. The summed E-state index contributed by atoms with van der Waals surface area (Å²) in [5.74, 6) is -2.15. The maximum absolute atomic E-state index is 14.2. The Bertz CT molecular complexity index is 1080. The van der Waals surface area contributed by atoms with E-state index >= 15 is 0 Å². The van der Waals surface area contributed by atoms with Crippen molar-refractivity contribution in [2.75, 3.05) is 11.9 Å². The second-order valence-electron chi connectivity index (χ2n) is 5.46. The maximum atomic E-state index is 14.2. The van der Waals surface area contributed by atoms with Gasteiger partial charge in [0.05, 0.1) is 16.1 Å². The van der Waals surface area contributed by atoms with Crippen molar-refractivity contribution in [1.82, 2.24) is 5.16 Å². The molecule has 0 atom stereocenters. The number of rotatable bonds is 5. The van der Waals surface area contributed by atoms with Gasteiger partial charge in [-0.05, 0) is 30.5 Å². The van der Waals surface area contributed by atoms with Crippen molar-refractivity contribution in [2.45, 2.75) is 6.92 Å². The highest BCUT2D eigenvalue weighted by Crippen LogP contribution is 2.33. The van der Waals surface area contributed by atoms with Crippen LogP contribution in [-0.2, 0) is 9.53 Å². The number of carbonyl (C=O) groups is 2. The minimum Gasteiger partial charge on any atom is -0.452 e. The SMILES string of the molecule is Cc1onc(-c2c(F)cccc2Cl)c1C(=O)OCC(=O)Nc1sccc1C#N. The zero-order valence-corrected chi connectivity index (χ0v) is 15.9. The predicted molar refractivity (Wildman–Crippen MR) is 99.6 cm³/mol. The molecule has 3 aromatic rings. The number of amides is 1. The number of esters is 1. The van der Waals surface area contributed by atoms with Crippen LogP contribution in [0.4, 0.5) is 9.39 Å². The van der Waals surface area contributed by atoms with Gasteiger partial charge in [-0.15, -0.1) is 11.3 Å². The second kappa shape index (κ2) is 8.21. The molecule has 0 unspecified atom stereocenters. The van der Waals surface area contributed by atoms with Crippen LogP contribution in [0.15, 0.2) is 34.2 Å². The third-order valence-corrected chi connectivity index (χ3v) is 4.78. The van der Waals surface area contributed by atoms with Crippen LogP contribution in [0.3, 0.4) is 0 Å². The highest BCUT2D eigenvalue weighted by molar-refractivity contribution is 7.14. The minimum absolute atomic E-state index is 0.0434. The van der Waals surface area contributed by atoms with E-state index in [1.807, 2.05) is 6.07 Å². The number of nitrogens with one attached hydrogen (secondary N) is 1. The van der Waals surface area contributed by atoms with Crippen molar-refractivity contribution in [1.29, 1.82) is 5.26 Å². The van der Waals surface area contributed by atoms with Crippen molar-refractivity contribution < 1.29 is 23.2 Å². The first-order valence-corrected chi connectivity index (χ1v) is 9.03. The van der Waals surface area contributed by atoms with E-state index in [9.17, 15) is 14.0 Å². The van der Waals surface area contributed by atoms with Crippen LogP contribution in [0.2, 0.25) is 5.02 Å². The molecule has 0 saturated carbocycles. The molecule has 0 fully saturated rings.